The fourth-order valence-corrected chi connectivity index (χ4v) is 3.02. The number of nitrogens with zero attached hydrogens (tertiary/aromatic N) is 2. The molecule has 2 rings (SSSR count). The molecule has 0 unspecified atom stereocenters. The Balaban J connectivity index is 1.88. The van der Waals surface area contributed by atoms with E-state index >= 15 is 0 Å². The molecular weight excluding hydrogens is 276 g/mol. The Morgan fingerprint density at radius 2 is 2.00 bits per heavy atom. The number of hydrogen-bond donors (Lipinski definition) is 0. The number of amides is 1. The summed E-state index contributed by atoms with van der Waals surface area (Å²) >= 11 is 0. The predicted molar refractivity (Wildman–Crippen MR) is 85.1 cm³/mol. The van der Waals surface area contributed by atoms with Gasteiger partial charge < -0.3 is 9.64 Å². The van der Waals surface area contributed by atoms with Crippen LogP contribution in [-0.2, 0) is 16.0 Å². The highest BCUT2D eigenvalue weighted by atomic mass is 16.5. The van der Waals surface area contributed by atoms with Crippen LogP contribution >= 0.6 is 0 Å². The van der Waals surface area contributed by atoms with E-state index in [-0.39, 0.29) is 11.3 Å². The molecule has 118 valence electrons. The molecule has 1 heterocycles. The van der Waals surface area contributed by atoms with Crippen LogP contribution in [0.1, 0.15) is 31.2 Å². The van der Waals surface area contributed by atoms with Crippen LogP contribution in [0.15, 0.2) is 30.3 Å². The van der Waals surface area contributed by atoms with Crippen molar-refractivity contribution in [2.45, 2.75) is 32.1 Å². The van der Waals surface area contributed by atoms with Gasteiger partial charge in [0, 0.05) is 33.2 Å². The fraction of sp³-hybridized carbons (Fsp3) is 0.556. The number of carbonyl (C=O) groups excluding carboxylic acids is 1. The standard InChI is InChI=1S/C18H24N2O2/c1-22-13-5-8-17(21)20-11-9-18(15-19,10-12-20)14-16-6-3-2-4-7-16/h2-4,6-7H,5,8-14H2,1H3. The van der Waals surface area contributed by atoms with E-state index in [2.05, 4.69) is 18.2 Å². The van der Waals surface area contributed by atoms with Crippen LogP contribution in [0.5, 0.6) is 0 Å². The zero-order valence-electron chi connectivity index (χ0n) is 13.3. The average molecular weight is 300 g/mol. The van der Waals surface area contributed by atoms with Gasteiger partial charge in [0.15, 0.2) is 0 Å². The molecule has 0 saturated carbocycles. The lowest BCUT2D eigenvalue weighted by Gasteiger charge is -2.37. The second-order valence-corrected chi connectivity index (χ2v) is 6.03. The third-order valence-electron chi connectivity index (χ3n) is 4.43. The first kappa shape index (κ1) is 16.5. The summed E-state index contributed by atoms with van der Waals surface area (Å²) < 4.78 is 4.98. The smallest absolute Gasteiger partial charge is 0.222 e. The maximum atomic E-state index is 12.1. The number of benzene rings is 1. The van der Waals surface area contributed by atoms with Crippen LogP contribution in [-0.4, -0.2) is 37.6 Å². The Morgan fingerprint density at radius 1 is 1.32 bits per heavy atom. The second-order valence-electron chi connectivity index (χ2n) is 6.03. The SMILES string of the molecule is COCCCC(=O)N1CCC(C#N)(Cc2ccccc2)CC1. The number of piperidine rings is 1. The van der Waals surface area contributed by atoms with Crippen molar-refractivity contribution in [3.63, 3.8) is 0 Å². The summed E-state index contributed by atoms with van der Waals surface area (Å²) in [6.45, 7) is 1.99. The molecule has 1 aromatic rings. The van der Waals surface area contributed by atoms with E-state index in [9.17, 15) is 10.1 Å². The molecule has 0 spiro atoms. The van der Waals surface area contributed by atoms with Gasteiger partial charge in [-0.2, -0.15) is 5.26 Å². The maximum absolute atomic E-state index is 12.1. The Morgan fingerprint density at radius 3 is 2.59 bits per heavy atom. The highest BCUT2D eigenvalue weighted by Crippen LogP contribution is 2.34. The first-order valence-corrected chi connectivity index (χ1v) is 7.91. The predicted octanol–water partition coefficient (Wildman–Crippen LogP) is 2.79. The minimum atomic E-state index is -0.329. The first-order chi connectivity index (χ1) is 10.7. The maximum Gasteiger partial charge on any atom is 0.222 e. The summed E-state index contributed by atoms with van der Waals surface area (Å²) in [6, 6.07) is 12.7. The van der Waals surface area contributed by atoms with Crippen LogP contribution in [0.2, 0.25) is 0 Å². The topological polar surface area (TPSA) is 53.3 Å². The van der Waals surface area contributed by atoms with Gasteiger partial charge in [0.2, 0.25) is 5.91 Å². The lowest BCUT2D eigenvalue weighted by molar-refractivity contribution is -0.133. The molecule has 1 fully saturated rings. The van der Waals surface area contributed by atoms with Gasteiger partial charge in [0.1, 0.15) is 0 Å². The molecule has 0 N–H and O–H groups in total. The van der Waals surface area contributed by atoms with E-state index in [1.807, 2.05) is 23.1 Å². The van der Waals surface area contributed by atoms with Crippen LogP contribution in [0, 0.1) is 16.7 Å². The number of nitriles is 1. The molecule has 0 bridgehead atoms. The number of rotatable bonds is 6. The Kier molecular flexibility index (Phi) is 5.97. The van der Waals surface area contributed by atoms with Gasteiger partial charge in [-0.25, -0.2) is 0 Å². The van der Waals surface area contributed by atoms with Crippen LogP contribution in [0.4, 0.5) is 0 Å². The van der Waals surface area contributed by atoms with Crippen LogP contribution in [0.3, 0.4) is 0 Å². The van der Waals surface area contributed by atoms with Gasteiger partial charge in [-0.3, -0.25) is 4.79 Å². The lowest BCUT2D eigenvalue weighted by Crippen LogP contribution is -2.43. The number of ether oxygens (including phenoxy) is 1. The van der Waals surface area contributed by atoms with Crippen molar-refractivity contribution in [1.82, 2.24) is 4.90 Å². The number of methoxy groups -OCH3 is 1. The summed E-state index contributed by atoms with van der Waals surface area (Å²) in [6.07, 6.45) is 3.59. The molecule has 4 heteroatoms. The van der Waals surface area contributed by atoms with Crippen molar-refractivity contribution in [3.8, 4) is 6.07 Å². The number of carbonyl (C=O) groups is 1. The van der Waals surface area contributed by atoms with Crippen molar-refractivity contribution < 1.29 is 9.53 Å². The van der Waals surface area contributed by atoms with Gasteiger partial charge in [-0.1, -0.05) is 30.3 Å². The molecule has 1 aromatic carbocycles. The summed E-state index contributed by atoms with van der Waals surface area (Å²) in [4.78, 5) is 14.0. The quantitative estimate of drug-likeness (QED) is 0.759. The van der Waals surface area contributed by atoms with E-state index in [0.29, 0.717) is 26.1 Å². The van der Waals surface area contributed by atoms with Gasteiger partial charge in [0.05, 0.1) is 11.5 Å². The summed E-state index contributed by atoms with van der Waals surface area (Å²) in [5, 5.41) is 9.63. The zero-order valence-corrected chi connectivity index (χ0v) is 13.3. The number of hydrogen-bond acceptors (Lipinski definition) is 3. The fourth-order valence-electron chi connectivity index (χ4n) is 3.02. The molecule has 0 atom stereocenters. The normalized spacial score (nSPS) is 17.0. The first-order valence-electron chi connectivity index (χ1n) is 7.91. The highest BCUT2D eigenvalue weighted by Gasteiger charge is 2.36. The minimum Gasteiger partial charge on any atom is -0.385 e. The van der Waals surface area contributed by atoms with Gasteiger partial charge in [0.25, 0.3) is 0 Å². The molecule has 1 aliphatic rings. The Labute approximate surface area is 132 Å². The minimum absolute atomic E-state index is 0.184. The molecule has 1 saturated heterocycles. The summed E-state index contributed by atoms with van der Waals surface area (Å²) in [5.74, 6) is 0.184. The van der Waals surface area contributed by atoms with Crippen molar-refractivity contribution in [2.24, 2.45) is 5.41 Å². The monoisotopic (exact) mass is 300 g/mol. The molecule has 0 aliphatic carbocycles. The van der Waals surface area contributed by atoms with E-state index in [1.165, 1.54) is 5.56 Å². The molecule has 0 radical (unpaired) electrons. The molecule has 1 aliphatic heterocycles. The van der Waals surface area contributed by atoms with Crippen molar-refractivity contribution in [2.75, 3.05) is 26.8 Å². The van der Waals surface area contributed by atoms with E-state index in [0.717, 1.165) is 25.7 Å². The number of likely N-dealkylation sites (tertiary alicyclic amines) is 1. The van der Waals surface area contributed by atoms with Crippen LogP contribution in [0.25, 0.3) is 0 Å². The van der Waals surface area contributed by atoms with Crippen molar-refractivity contribution >= 4 is 5.91 Å². The second kappa shape index (κ2) is 7.95. The third-order valence-corrected chi connectivity index (χ3v) is 4.43. The van der Waals surface area contributed by atoms with Crippen molar-refractivity contribution in [3.05, 3.63) is 35.9 Å². The molecule has 1 amide bonds. The lowest BCUT2D eigenvalue weighted by atomic mass is 9.75. The molecular formula is C18H24N2O2. The Hall–Kier alpha value is -1.86. The summed E-state index contributed by atoms with van der Waals surface area (Å²) in [5.41, 5.74) is 0.869. The van der Waals surface area contributed by atoms with E-state index in [1.54, 1.807) is 7.11 Å². The van der Waals surface area contributed by atoms with Crippen molar-refractivity contribution in [1.29, 1.82) is 5.26 Å². The van der Waals surface area contributed by atoms with Crippen LogP contribution < -0.4 is 0 Å². The molecule has 4 nitrogen and oxygen atoms in total. The van der Waals surface area contributed by atoms with Gasteiger partial charge >= 0.3 is 0 Å². The third kappa shape index (κ3) is 4.32. The van der Waals surface area contributed by atoms with Gasteiger partial charge in [-0.05, 0) is 31.2 Å². The summed E-state index contributed by atoms with van der Waals surface area (Å²) in [7, 11) is 1.65. The largest absolute Gasteiger partial charge is 0.385 e. The van der Waals surface area contributed by atoms with Gasteiger partial charge in [-0.15, -0.1) is 0 Å². The van der Waals surface area contributed by atoms with E-state index in [4.69, 9.17) is 4.74 Å². The molecule has 0 aromatic heterocycles. The highest BCUT2D eigenvalue weighted by molar-refractivity contribution is 5.76. The zero-order chi connectivity index (χ0) is 15.8. The Bertz CT molecular complexity index is 514. The molecule has 22 heavy (non-hydrogen) atoms. The average Bonchev–Trinajstić information content (AvgIpc) is 2.56. The van der Waals surface area contributed by atoms with E-state index < -0.39 is 0 Å².